The summed E-state index contributed by atoms with van der Waals surface area (Å²) in [6, 6.07) is 7.18. The van der Waals surface area contributed by atoms with Crippen molar-refractivity contribution in [1.82, 2.24) is 62.1 Å². The third-order valence-electron chi connectivity index (χ3n) is 26.1. The Kier molecular flexibility index (Phi) is 50.1. The van der Waals surface area contributed by atoms with E-state index in [0.29, 0.717) is 30.8 Å². The maximum absolute atomic E-state index is 13.5. The van der Waals surface area contributed by atoms with Crippen LogP contribution in [-0.4, -0.2) is 279 Å². The van der Waals surface area contributed by atoms with Gasteiger partial charge in [0.2, 0.25) is 64.8 Å². The molecule has 47 heteroatoms. The van der Waals surface area contributed by atoms with Crippen LogP contribution in [0.15, 0.2) is 108 Å². The Bertz CT molecular complexity index is 5810. The van der Waals surface area contributed by atoms with E-state index in [1.807, 2.05) is 57.2 Å². The number of primary amides is 1. The van der Waals surface area contributed by atoms with Gasteiger partial charge in [-0.25, -0.2) is 18.4 Å². The lowest BCUT2D eigenvalue weighted by molar-refractivity contribution is -0.438. The van der Waals surface area contributed by atoms with Crippen molar-refractivity contribution in [1.29, 1.82) is 0 Å². The number of anilines is 1. The lowest BCUT2D eigenvalue weighted by Gasteiger charge is -2.25. The molecule has 0 spiro atoms. The second-order valence-corrected chi connectivity index (χ2v) is 41.6. The fraction of sp³-hybridized carbons (Fsp3) is 0.564. The molecule has 7 rings (SSSR count). The van der Waals surface area contributed by atoms with Crippen molar-refractivity contribution >= 4 is 161 Å². The number of H-pyrrole nitrogens is 2. The number of thioether (sulfide) groups is 1. The molecule has 1 unspecified atom stereocenters. The number of nitrogens with one attached hydrogen (secondary N) is 9. The molecule has 148 heavy (non-hydrogen) atoms. The number of aromatic nitrogens is 4. The number of carbonyl (C=O) groups excluding carboxylic acids is 17. The lowest BCUT2D eigenvalue weighted by atomic mass is 9.81. The summed E-state index contributed by atoms with van der Waals surface area (Å²) in [6.07, 6.45) is 12.2. The minimum Gasteiger partial charge on any atom is -0.744 e. The summed E-state index contributed by atoms with van der Waals surface area (Å²) in [4.78, 5) is 259. The molecule has 0 saturated carbocycles. The molecule has 3 aliphatic heterocycles. The Morgan fingerprint density at radius 3 is 1.59 bits per heavy atom. The number of likely N-dealkylation sites (N-methyl/N-ethyl adjacent to an activating group) is 1. The summed E-state index contributed by atoms with van der Waals surface area (Å²) >= 11 is 1.06. The molecule has 1 saturated heterocycles. The summed E-state index contributed by atoms with van der Waals surface area (Å²) in [5.41, 5.74) is 11.8. The first-order valence-corrected chi connectivity index (χ1v) is 52.3. The molecule has 812 valence electrons. The minimum absolute atomic E-state index is 0.00353. The molecule has 15 N–H and O–H groups in total. The number of nitrogens with two attached hydrogens (primary N) is 1. The molecule has 3 aliphatic rings. The maximum atomic E-state index is 13.5. The van der Waals surface area contributed by atoms with E-state index in [-0.39, 0.29) is 117 Å². The first kappa shape index (κ1) is 125. The van der Waals surface area contributed by atoms with Crippen LogP contribution in [0.3, 0.4) is 0 Å². The Morgan fingerprint density at radius 2 is 1.09 bits per heavy atom. The molecule has 44 nitrogen and oxygen atoms in total. The Hall–Kier alpha value is -13.1. The third-order valence-corrected chi connectivity index (χ3v) is 28.3. The van der Waals surface area contributed by atoms with Gasteiger partial charge in [0.15, 0.2) is 34.6 Å². The van der Waals surface area contributed by atoms with E-state index >= 15 is 0 Å². The number of imidazole rings is 2. The first-order valence-electron chi connectivity index (χ1n) is 48.9. The smallest absolute Gasteiger partial charge is 0.425 e. The number of aliphatic carboxylic acids is 2. The number of likely N-dealkylation sites (tertiary alicyclic amines) is 1. The number of aromatic amines is 2. The largest absolute Gasteiger partial charge is 0.744 e. The van der Waals surface area contributed by atoms with E-state index in [1.54, 1.807) is 19.2 Å². The fourth-order valence-electron chi connectivity index (χ4n) is 17.2. The van der Waals surface area contributed by atoms with Crippen LogP contribution in [0.2, 0.25) is 0 Å². The number of hydrogen-bond acceptors (Lipinski definition) is 31. The van der Waals surface area contributed by atoms with E-state index in [4.69, 9.17) is 23.5 Å². The average Bonchev–Trinajstić information content (AvgIpc) is 1.59. The zero-order valence-electron chi connectivity index (χ0n) is 86.3. The number of aliphatic hydroxyl groups is 2. The molecule has 0 aliphatic carbocycles. The van der Waals surface area contributed by atoms with Gasteiger partial charge in [0.05, 0.1) is 88.4 Å². The number of nitrogens with zero attached hydrogens (tertiary/aromatic N) is 5. The number of allylic oxidation sites excluding steroid dienone is 6. The summed E-state index contributed by atoms with van der Waals surface area (Å²) in [5, 5.41) is 55.8. The number of benzene rings is 2. The summed E-state index contributed by atoms with van der Waals surface area (Å²) < 4.78 is 63.2. The number of Topliss-reactive ketones (excluding diaryl/α,β-unsaturated/α-hetero) is 7. The zero-order chi connectivity index (χ0) is 111. The molecule has 2 aromatic heterocycles. The molecular weight excluding hydrogens is 1980 g/mol. The second kappa shape index (κ2) is 59.2. The Morgan fingerprint density at radius 1 is 0.588 bits per heavy atom. The molecule has 1 fully saturated rings. The molecule has 16 atom stereocenters. The SMILES string of the molecule is CCN1C(=CC=CC=CC2=[N+](CCCCCC(=O)NCCN3C(=O)CC(SC[C@@H](CC(C)=O)C(=O)N[C@H](C)C(=O)C[C@H](C)C(=O)N[C@H](C)C(=O)C[C@@H](C(=O)NC)[C@H](C)O)C3=O)c3ccccc3C2(C)C)C(C)(C)c2cc(S(=O)(=O)[O-])ccc21.C[C@H](Cc1cnc[nH]1)C(=O)C[C@H](CCC(=O)O)C(=O)N[C@H](C)C(=O)C[C@H](C)C(=O)N[C@H](C)C(=O)C[C@@H](C(=O)N[C@H](Cc1cnc[nH]1)C(=O)C[C@H](CCC(=O)O)C(N)=O)[C@H](C)O.O=S(=O)=O. The number of rotatable bonds is 61. The highest BCUT2D eigenvalue weighted by Crippen LogP contribution is 2.49. The van der Waals surface area contributed by atoms with Crippen molar-refractivity contribution in [3.05, 3.63) is 126 Å². The number of carboxylic acid groups (broad SMARTS) is 2. The van der Waals surface area contributed by atoms with Crippen LogP contribution >= 0.6 is 11.8 Å². The second-order valence-electron chi connectivity index (χ2n) is 38.6. The van der Waals surface area contributed by atoms with Crippen molar-refractivity contribution in [2.45, 2.75) is 283 Å². The maximum Gasteiger partial charge on any atom is 0.425 e. The number of aliphatic hydroxyl groups excluding tert-OH is 2. The number of hydrogen-bond donors (Lipinski definition) is 14. The predicted octanol–water partition coefficient (Wildman–Crippen LogP) is 4.18. The monoisotopic (exact) mass is 2120 g/mol. The molecule has 2 aromatic carbocycles. The molecular formula is C101H141N15O29S3. The fourth-order valence-corrected chi connectivity index (χ4v) is 19.0. The average molecular weight is 2130 g/mol. The number of imide groups is 1. The van der Waals surface area contributed by atoms with E-state index in [9.17, 15) is 119 Å². The number of unbranched alkanes of at least 4 members (excludes halogenated alkanes) is 2. The van der Waals surface area contributed by atoms with Gasteiger partial charge in [-0.1, -0.05) is 71.0 Å². The van der Waals surface area contributed by atoms with Crippen LogP contribution in [-0.2, 0) is 135 Å². The van der Waals surface area contributed by atoms with Crippen LogP contribution in [0.25, 0.3) is 0 Å². The highest BCUT2D eigenvalue weighted by molar-refractivity contribution is 8.00. The van der Waals surface area contributed by atoms with Crippen LogP contribution in [0, 0.1) is 47.3 Å². The van der Waals surface area contributed by atoms with Gasteiger partial charge < -0.3 is 87.6 Å². The Labute approximate surface area is 865 Å². The zero-order valence-corrected chi connectivity index (χ0v) is 88.7. The summed E-state index contributed by atoms with van der Waals surface area (Å²) in [5.74, 6) is -19.8. The van der Waals surface area contributed by atoms with Crippen LogP contribution < -0.4 is 47.9 Å². The molecule has 0 bridgehead atoms. The van der Waals surface area contributed by atoms with Gasteiger partial charge in [-0.15, -0.1) is 24.4 Å². The Balaban J connectivity index is 0.000000525. The van der Waals surface area contributed by atoms with Crippen molar-refractivity contribution in [3.63, 3.8) is 0 Å². The van der Waals surface area contributed by atoms with E-state index < -0.39 is 234 Å². The molecule has 10 amide bonds. The van der Waals surface area contributed by atoms with Crippen molar-refractivity contribution in [2.24, 2.45) is 53.1 Å². The number of carboxylic acids is 2. The number of fused-ring (bicyclic) bond motifs is 2. The standard InChI is InChI=1S/C61H83N7O13S2.C40H58N8O13.O3S/c1-12-66-48-27-26-43(83(79,80)81)33-46(48)61(9,10)52(66)23-15-13-16-24-53-60(7,8)45-21-18-19-22-47(45)67(53)29-20-14-17-25-54(73)63-28-30-68-55(74)35-51(59(68)78)82-36-42(32-38(3)69)57(76)65-39(4)49(71)31-37(2)56(75)64-40(5)50(72)34-44(41(6)70)58(77)62-11;1-20(10-27-16-42-18-44-27)31(50)13-26(7-9-36(56)57)39(60)47-22(3)32(51)11-21(2)38(59)46-23(4)33(52)15-29(24(5)49)40(61)48-30(14-28-17-43-19-45-28)34(53)12-25(37(41)58)6-8-35(54)55;1-4(2)3/h13,15-16,18-19,21-24,26-27,33,37,39-42,44,51,70H,12,14,17,20,25,28-32,34-36H2,1-11H3,(H4-,62,63,64,65,73,75,76,77,79,80,81);16-26,29-30,49H,6-15H2,1-5H3,(H2,41,58)(H,42,44)(H,43,45)(H,46,59)(H,47,60)(H,48,61)(H,54,55)(H,56,57);/t37-,39+,40+,41-,42+,44+,51?;20-,21+,22-,23-,24+,25+,26+,29-,30-;/m01./s1. The quantitative estimate of drug-likeness (QED) is 0.00969. The number of ketones is 7. The van der Waals surface area contributed by atoms with Gasteiger partial charge in [-0.05, 0) is 131 Å². The van der Waals surface area contributed by atoms with Gasteiger partial charge in [0.1, 0.15) is 28.2 Å². The minimum atomic E-state index is -4.61. The normalized spacial score (nSPS) is 17.3. The lowest BCUT2D eigenvalue weighted by Crippen LogP contribution is -2.49. The van der Waals surface area contributed by atoms with E-state index in [2.05, 4.69) is 98.7 Å². The van der Waals surface area contributed by atoms with Crippen molar-refractivity contribution < 1.29 is 142 Å². The van der Waals surface area contributed by atoms with Crippen molar-refractivity contribution in [2.75, 3.05) is 43.9 Å². The highest BCUT2D eigenvalue weighted by atomic mass is 32.2. The van der Waals surface area contributed by atoms with Gasteiger partial charge in [-0.3, -0.25) is 91.2 Å². The van der Waals surface area contributed by atoms with Gasteiger partial charge in [0.25, 0.3) is 0 Å². The summed E-state index contributed by atoms with van der Waals surface area (Å²) in [6.45, 7) is 26.0. The first-order chi connectivity index (χ1) is 69.3. The summed E-state index contributed by atoms with van der Waals surface area (Å²) in [7, 11) is -6.34. The van der Waals surface area contributed by atoms with Gasteiger partial charge >= 0.3 is 22.5 Å². The third kappa shape index (κ3) is 38.9. The predicted molar refractivity (Wildman–Crippen MR) is 540 cm³/mol. The van der Waals surface area contributed by atoms with Gasteiger partial charge in [0, 0.05) is 204 Å². The molecule has 0 radical (unpaired) electrons. The van der Waals surface area contributed by atoms with Gasteiger partial charge in [-0.2, -0.15) is 4.58 Å². The van der Waals surface area contributed by atoms with Crippen LogP contribution in [0.4, 0.5) is 11.4 Å². The topological polar surface area (TPSA) is 691 Å². The number of para-hydroxylation sites is 1. The van der Waals surface area contributed by atoms with Crippen LogP contribution in [0.5, 0.6) is 0 Å². The highest BCUT2D eigenvalue weighted by Gasteiger charge is 2.46. The van der Waals surface area contributed by atoms with Crippen LogP contribution in [0.1, 0.15) is 229 Å². The van der Waals surface area contributed by atoms with Crippen molar-refractivity contribution in [3.8, 4) is 0 Å². The number of amides is 10. The van der Waals surface area contributed by atoms with E-state index in [1.165, 1.54) is 106 Å². The molecule has 5 heterocycles. The number of carbonyl (C=O) groups is 19. The molecule has 4 aromatic rings. The van der Waals surface area contributed by atoms with E-state index in [0.717, 1.165) is 64.4 Å².